The van der Waals surface area contributed by atoms with Crippen LogP contribution in [0.15, 0.2) is 29.1 Å². The summed E-state index contributed by atoms with van der Waals surface area (Å²) in [7, 11) is 1.42. The van der Waals surface area contributed by atoms with Crippen LogP contribution in [0.5, 0.6) is 5.75 Å². The van der Waals surface area contributed by atoms with Gasteiger partial charge in [-0.05, 0) is 11.6 Å². The van der Waals surface area contributed by atoms with E-state index in [4.69, 9.17) is 4.74 Å². The summed E-state index contributed by atoms with van der Waals surface area (Å²) in [4.78, 5) is 11.5. The first-order valence-electron chi connectivity index (χ1n) is 5.42. The molecule has 0 spiro atoms. The summed E-state index contributed by atoms with van der Waals surface area (Å²) >= 11 is 0. The Morgan fingerprint density at radius 1 is 1.21 bits per heavy atom. The van der Waals surface area contributed by atoms with Gasteiger partial charge in [-0.15, -0.1) is 0 Å². The molecule has 7 heteroatoms. The third kappa shape index (κ3) is 2.64. The van der Waals surface area contributed by atoms with Crippen molar-refractivity contribution < 1.29 is 17.9 Å². The zero-order chi connectivity index (χ0) is 14.0. The molecule has 0 atom stereocenters. The Hall–Kier alpha value is -2.18. The van der Waals surface area contributed by atoms with Gasteiger partial charge < -0.3 is 4.74 Å². The van der Waals surface area contributed by atoms with Crippen molar-refractivity contribution in [3.8, 4) is 5.75 Å². The first kappa shape index (κ1) is 13.3. The first-order valence-corrected chi connectivity index (χ1v) is 5.42. The largest absolute Gasteiger partial charge is 0.496 e. The molecule has 19 heavy (non-hydrogen) atoms. The lowest BCUT2D eigenvalue weighted by atomic mass is 10.0. The predicted octanol–water partition coefficient (Wildman–Crippen LogP) is 2.32. The van der Waals surface area contributed by atoms with Gasteiger partial charge in [0, 0.05) is 6.42 Å². The Morgan fingerprint density at radius 3 is 2.53 bits per heavy atom. The van der Waals surface area contributed by atoms with E-state index < -0.39 is 17.4 Å². The highest BCUT2D eigenvalue weighted by Crippen LogP contribution is 2.30. The van der Waals surface area contributed by atoms with Crippen molar-refractivity contribution in [3.05, 3.63) is 51.4 Å². The van der Waals surface area contributed by atoms with Crippen molar-refractivity contribution in [1.29, 1.82) is 0 Å². The number of rotatable bonds is 3. The minimum atomic E-state index is -4.60. The van der Waals surface area contributed by atoms with Crippen molar-refractivity contribution in [3.63, 3.8) is 0 Å². The maximum absolute atomic E-state index is 12.7. The number of hydrogen-bond donors (Lipinski definition) is 2. The van der Waals surface area contributed by atoms with Gasteiger partial charge in [-0.25, -0.2) is 0 Å². The van der Waals surface area contributed by atoms with E-state index in [0.717, 1.165) is 0 Å². The molecule has 0 fully saturated rings. The number of aromatic nitrogens is 2. The molecule has 0 unspecified atom stereocenters. The molecule has 0 saturated heterocycles. The highest BCUT2D eigenvalue weighted by molar-refractivity contribution is 5.38. The van der Waals surface area contributed by atoms with Crippen LogP contribution in [0, 0.1) is 0 Å². The van der Waals surface area contributed by atoms with Gasteiger partial charge in [0.2, 0.25) is 0 Å². The Balaban J connectivity index is 2.44. The highest BCUT2D eigenvalue weighted by Gasteiger charge is 2.36. The number of para-hydroxylation sites is 1. The van der Waals surface area contributed by atoms with Crippen LogP contribution in [0.1, 0.15) is 16.8 Å². The molecule has 2 N–H and O–H groups in total. The molecule has 2 rings (SSSR count). The van der Waals surface area contributed by atoms with Crippen LogP contribution in [-0.2, 0) is 12.6 Å². The molecule has 0 aliphatic carbocycles. The molecule has 0 bridgehead atoms. The molecule has 2 aromatic rings. The fourth-order valence-electron chi connectivity index (χ4n) is 1.83. The third-order valence-corrected chi connectivity index (χ3v) is 2.72. The van der Waals surface area contributed by atoms with Gasteiger partial charge >= 0.3 is 6.18 Å². The number of benzene rings is 1. The zero-order valence-corrected chi connectivity index (χ0v) is 9.97. The van der Waals surface area contributed by atoms with Gasteiger partial charge in [0.15, 0.2) is 0 Å². The van der Waals surface area contributed by atoms with E-state index in [9.17, 15) is 18.0 Å². The van der Waals surface area contributed by atoms with Gasteiger partial charge in [0.25, 0.3) is 5.56 Å². The topological polar surface area (TPSA) is 57.9 Å². The van der Waals surface area contributed by atoms with Crippen LogP contribution in [0.3, 0.4) is 0 Å². The summed E-state index contributed by atoms with van der Waals surface area (Å²) in [6.07, 6.45) is -4.76. The molecule has 102 valence electrons. The van der Waals surface area contributed by atoms with Crippen LogP contribution >= 0.6 is 0 Å². The average molecular weight is 272 g/mol. The van der Waals surface area contributed by atoms with Crippen molar-refractivity contribution in [2.45, 2.75) is 12.6 Å². The number of ether oxygens (including phenoxy) is 1. The Bertz CT molecular complexity index is 628. The number of hydrogen-bond acceptors (Lipinski definition) is 2. The molecule has 4 nitrogen and oxygen atoms in total. The van der Waals surface area contributed by atoms with E-state index in [-0.39, 0.29) is 12.0 Å². The van der Waals surface area contributed by atoms with E-state index in [1.54, 1.807) is 24.3 Å². The van der Waals surface area contributed by atoms with Crippen LogP contribution in [-0.4, -0.2) is 17.3 Å². The number of alkyl halides is 3. The lowest BCUT2D eigenvalue weighted by Gasteiger charge is -2.09. The monoisotopic (exact) mass is 272 g/mol. The Labute approximate surface area is 106 Å². The summed E-state index contributed by atoms with van der Waals surface area (Å²) in [6.45, 7) is 0. The Morgan fingerprint density at radius 2 is 1.89 bits per heavy atom. The molecule has 0 aliphatic rings. The van der Waals surface area contributed by atoms with Gasteiger partial charge in [0.05, 0.1) is 12.7 Å². The van der Waals surface area contributed by atoms with Gasteiger partial charge in [-0.3, -0.25) is 15.0 Å². The molecule has 0 radical (unpaired) electrons. The Kier molecular flexibility index (Phi) is 3.37. The second-order valence-electron chi connectivity index (χ2n) is 3.92. The second kappa shape index (κ2) is 4.83. The SMILES string of the molecule is COc1ccccc1Cc1c(C(F)(F)F)[nH][nH]c1=O. The molecule has 1 aromatic carbocycles. The second-order valence-corrected chi connectivity index (χ2v) is 3.92. The highest BCUT2D eigenvalue weighted by atomic mass is 19.4. The van der Waals surface area contributed by atoms with E-state index >= 15 is 0 Å². The minimum Gasteiger partial charge on any atom is -0.496 e. The minimum absolute atomic E-state index is 0.155. The fraction of sp³-hybridized carbons (Fsp3) is 0.250. The summed E-state index contributed by atoms with van der Waals surface area (Å²) in [6, 6.07) is 6.62. The van der Waals surface area contributed by atoms with Crippen LogP contribution in [0.25, 0.3) is 0 Å². The number of H-pyrrole nitrogens is 2. The average Bonchev–Trinajstić information content (AvgIpc) is 2.71. The summed E-state index contributed by atoms with van der Waals surface area (Å²) in [5, 5.41) is 3.83. The number of halogens is 3. The van der Waals surface area contributed by atoms with Crippen LogP contribution in [0.2, 0.25) is 0 Å². The molecule has 0 amide bonds. The van der Waals surface area contributed by atoms with Gasteiger partial charge in [-0.2, -0.15) is 13.2 Å². The van der Waals surface area contributed by atoms with E-state index in [2.05, 4.69) is 0 Å². The van der Waals surface area contributed by atoms with Crippen LogP contribution in [0.4, 0.5) is 13.2 Å². The molecular weight excluding hydrogens is 261 g/mol. The lowest BCUT2D eigenvalue weighted by molar-refractivity contribution is -0.141. The zero-order valence-electron chi connectivity index (χ0n) is 9.97. The molecule has 1 heterocycles. The third-order valence-electron chi connectivity index (χ3n) is 2.72. The summed E-state index contributed by atoms with van der Waals surface area (Å²) < 4.78 is 43.2. The van der Waals surface area contributed by atoms with Crippen molar-refractivity contribution in [1.82, 2.24) is 10.2 Å². The maximum Gasteiger partial charge on any atom is 0.433 e. The van der Waals surface area contributed by atoms with Crippen LogP contribution < -0.4 is 10.3 Å². The van der Waals surface area contributed by atoms with Crippen molar-refractivity contribution >= 4 is 0 Å². The molecular formula is C12H11F3N2O2. The number of aromatic amines is 2. The first-order chi connectivity index (χ1) is 8.93. The standard InChI is InChI=1S/C12H11F3N2O2/c1-19-9-5-3-2-4-7(9)6-8-10(12(13,14)15)16-17-11(8)18/h2-5H,6H2,1H3,(H2,16,17,18). The lowest BCUT2D eigenvalue weighted by Crippen LogP contribution is -2.13. The van der Waals surface area contributed by atoms with E-state index in [1.807, 2.05) is 10.2 Å². The normalized spacial score (nSPS) is 11.6. The van der Waals surface area contributed by atoms with Gasteiger partial charge in [0.1, 0.15) is 11.4 Å². The molecule has 0 aliphatic heterocycles. The van der Waals surface area contributed by atoms with Gasteiger partial charge in [-0.1, -0.05) is 18.2 Å². The smallest absolute Gasteiger partial charge is 0.433 e. The maximum atomic E-state index is 12.7. The molecule has 0 saturated carbocycles. The predicted molar refractivity (Wildman–Crippen MR) is 62.2 cm³/mol. The summed E-state index contributed by atoms with van der Waals surface area (Å²) in [5.74, 6) is 0.441. The molecule has 1 aromatic heterocycles. The fourth-order valence-corrected chi connectivity index (χ4v) is 1.83. The number of nitrogens with one attached hydrogen (secondary N) is 2. The van der Waals surface area contributed by atoms with E-state index in [1.165, 1.54) is 7.11 Å². The quantitative estimate of drug-likeness (QED) is 0.900. The summed E-state index contributed by atoms with van der Waals surface area (Å²) in [5.41, 5.74) is -1.67. The number of methoxy groups -OCH3 is 1. The van der Waals surface area contributed by atoms with Crippen molar-refractivity contribution in [2.24, 2.45) is 0 Å². The van der Waals surface area contributed by atoms with Crippen molar-refractivity contribution in [2.75, 3.05) is 7.11 Å². The van der Waals surface area contributed by atoms with E-state index in [0.29, 0.717) is 11.3 Å².